The second-order valence-corrected chi connectivity index (χ2v) is 4.12. The molecular weight excluding hydrogens is 212 g/mol. The molecule has 1 aromatic rings. The number of aryl methyl sites for hydroxylation is 1. The first-order chi connectivity index (χ1) is 8.30. The Morgan fingerprint density at radius 3 is 2.12 bits per heavy atom. The number of nitrogens with zero attached hydrogens (tertiary/aromatic N) is 2. The summed E-state index contributed by atoms with van der Waals surface area (Å²) in [6.07, 6.45) is 4.33. The van der Waals surface area contributed by atoms with Gasteiger partial charge in [-0.3, -0.25) is 0 Å². The molecule has 0 saturated heterocycles. The fourth-order valence-electron chi connectivity index (χ4n) is 1.48. The minimum Gasteiger partial charge on any atom is -0.370 e. The van der Waals surface area contributed by atoms with Gasteiger partial charge in [-0.25, -0.2) is 9.97 Å². The van der Waals surface area contributed by atoms with Crippen LogP contribution in [0.4, 0.5) is 11.6 Å². The monoisotopic (exact) mass is 236 g/mol. The van der Waals surface area contributed by atoms with Crippen LogP contribution in [-0.2, 0) is 6.42 Å². The fourth-order valence-corrected chi connectivity index (χ4v) is 1.48. The topological polar surface area (TPSA) is 49.8 Å². The SMILES string of the molecule is CCCCNc1cc(NCCC)nc(CC)n1. The smallest absolute Gasteiger partial charge is 0.132 e. The van der Waals surface area contributed by atoms with Gasteiger partial charge in [0.15, 0.2) is 0 Å². The van der Waals surface area contributed by atoms with Crippen molar-refractivity contribution >= 4 is 11.6 Å². The Morgan fingerprint density at radius 1 is 0.941 bits per heavy atom. The lowest BCUT2D eigenvalue weighted by Crippen LogP contribution is -2.09. The number of rotatable bonds is 8. The highest BCUT2D eigenvalue weighted by atomic mass is 15.1. The molecule has 0 aliphatic rings. The van der Waals surface area contributed by atoms with Crippen molar-refractivity contribution in [2.45, 2.75) is 46.5 Å². The summed E-state index contributed by atoms with van der Waals surface area (Å²) in [6.45, 7) is 8.34. The highest BCUT2D eigenvalue weighted by Crippen LogP contribution is 2.12. The van der Waals surface area contributed by atoms with Gasteiger partial charge in [-0.1, -0.05) is 27.2 Å². The lowest BCUT2D eigenvalue weighted by atomic mass is 10.3. The summed E-state index contributed by atoms with van der Waals surface area (Å²) < 4.78 is 0. The standard InChI is InChI=1S/C13H24N4/c1-4-7-9-15-13-10-12(14-8-5-2)16-11(6-3)17-13/h10H,4-9H2,1-3H3,(H2,14,15,16,17). The lowest BCUT2D eigenvalue weighted by Gasteiger charge is -2.10. The van der Waals surface area contributed by atoms with Crippen LogP contribution in [-0.4, -0.2) is 23.1 Å². The van der Waals surface area contributed by atoms with Gasteiger partial charge in [0.2, 0.25) is 0 Å². The first-order valence-corrected chi connectivity index (χ1v) is 6.65. The summed E-state index contributed by atoms with van der Waals surface area (Å²) in [5.74, 6) is 2.76. The highest BCUT2D eigenvalue weighted by Gasteiger charge is 2.02. The molecule has 1 rings (SSSR count). The molecule has 0 spiro atoms. The van der Waals surface area contributed by atoms with Crippen molar-refractivity contribution in [2.24, 2.45) is 0 Å². The Labute approximate surface area is 104 Å². The van der Waals surface area contributed by atoms with Crippen LogP contribution in [0.1, 0.15) is 45.9 Å². The summed E-state index contributed by atoms with van der Waals surface area (Å²) in [6, 6.07) is 1.99. The van der Waals surface area contributed by atoms with E-state index in [1.54, 1.807) is 0 Å². The fraction of sp³-hybridized carbons (Fsp3) is 0.692. The number of hydrogen-bond acceptors (Lipinski definition) is 4. The van der Waals surface area contributed by atoms with Gasteiger partial charge in [-0.2, -0.15) is 0 Å². The van der Waals surface area contributed by atoms with Crippen LogP contribution in [0.5, 0.6) is 0 Å². The van der Waals surface area contributed by atoms with Crippen LogP contribution in [0.25, 0.3) is 0 Å². The van der Waals surface area contributed by atoms with Crippen LogP contribution in [0, 0.1) is 0 Å². The third-order valence-electron chi connectivity index (χ3n) is 2.48. The number of nitrogens with one attached hydrogen (secondary N) is 2. The van der Waals surface area contributed by atoms with Gasteiger partial charge in [0.05, 0.1) is 0 Å². The normalized spacial score (nSPS) is 10.3. The van der Waals surface area contributed by atoms with Gasteiger partial charge in [-0.15, -0.1) is 0 Å². The van der Waals surface area contributed by atoms with E-state index in [0.29, 0.717) is 0 Å². The van der Waals surface area contributed by atoms with Crippen LogP contribution in [0.15, 0.2) is 6.07 Å². The lowest BCUT2D eigenvalue weighted by molar-refractivity contribution is 0.826. The Balaban J connectivity index is 2.67. The van der Waals surface area contributed by atoms with Crippen LogP contribution in [0.3, 0.4) is 0 Å². The number of unbranched alkanes of at least 4 members (excludes halogenated alkanes) is 1. The molecule has 0 radical (unpaired) electrons. The Bertz CT molecular complexity index is 325. The molecule has 17 heavy (non-hydrogen) atoms. The zero-order valence-electron chi connectivity index (χ0n) is 11.2. The van der Waals surface area contributed by atoms with Gasteiger partial charge in [-0.05, 0) is 12.8 Å². The van der Waals surface area contributed by atoms with E-state index >= 15 is 0 Å². The molecule has 0 aliphatic carbocycles. The largest absolute Gasteiger partial charge is 0.370 e. The third kappa shape index (κ3) is 5.02. The molecule has 0 aliphatic heterocycles. The summed E-state index contributed by atoms with van der Waals surface area (Å²) in [5.41, 5.74) is 0. The third-order valence-corrected chi connectivity index (χ3v) is 2.48. The molecule has 0 amide bonds. The molecule has 0 atom stereocenters. The summed E-state index contributed by atoms with van der Waals surface area (Å²) >= 11 is 0. The van der Waals surface area contributed by atoms with E-state index in [1.165, 1.54) is 12.8 Å². The molecule has 2 N–H and O–H groups in total. The maximum Gasteiger partial charge on any atom is 0.132 e. The van der Waals surface area contributed by atoms with Crippen LogP contribution in [0.2, 0.25) is 0 Å². The number of aromatic nitrogens is 2. The van der Waals surface area contributed by atoms with Gasteiger partial charge < -0.3 is 10.6 Å². The van der Waals surface area contributed by atoms with E-state index in [0.717, 1.165) is 43.4 Å². The first kappa shape index (κ1) is 13.7. The summed E-state index contributed by atoms with van der Waals surface area (Å²) in [5, 5.41) is 6.65. The molecule has 0 bridgehead atoms. The average Bonchev–Trinajstić information content (AvgIpc) is 2.36. The molecule has 0 unspecified atom stereocenters. The highest BCUT2D eigenvalue weighted by molar-refractivity contribution is 5.47. The quantitative estimate of drug-likeness (QED) is 0.681. The van der Waals surface area contributed by atoms with E-state index in [4.69, 9.17) is 0 Å². The average molecular weight is 236 g/mol. The molecule has 1 aromatic heterocycles. The Kier molecular flexibility index (Phi) is 6.37. The second kappa shape index (κ2) is 7.87. The van der Waals surface area contributed by atoms with Gasteiger partial charge >= 0.3 is 0 Å². The minimum absolute atomic E-state index is 0.865. The van der Waals surface area contributed by atoms with Crippen molar-refractivity contribution in [3.8, 4) is 0 Å². The van der Waals surface area contributed by atoms with Crippen molar-refractivity contribution in [1.29, 1.82) is 0 Å². The van der Waals surface area contributed by atoms with Gasteiger partial charge in [0.25, 0.3) is 0 Å². The zero-order valence-corrected chi connectivity index (χ0v) is 11.2. The Hall–Kier alpha value is -1.32. The molecule has 4 nitrogen and oxygen atoms in total. The summed E-state index contributed by atoms with van der Waals surface area (Å²) in [7, 11) is 0. The van der Waals surface area contributed by atoms with Crippen molar-refractivity contribution in [3.05, 3.63) is 11.9 Å². The van der Waals surface area contributed by atoms with Crippen LogP contribution >= 0.6 is 0 Å². The van der Waals surface area contributed by atoms with E-state index in [9.17, 15) is 0 Å². The zero-order chi connectivity index (χ0) is 12.5. The molecule has 4 heteroatoms. The predicted octanol–water partition coefficient (Wildman–Crippen LogP) is 3.07. The molecule has 1 heterocycles. The van der Waals surface area contributed by atoms with Crippen molar-refractivity contribution < 1.29 is 0 Å². The van der Waals surface area contributed by atoms with Crippen molar-refractivity contribution in [3.63, 3.8) is 0 Å². The molecule has 0 aromatic carbocycles. The molecule has 0 fully saturated rings. The Morgan fingerprint density at radius 2 is 1.59 bits per heavy atom. The second-order valence-electron chi connectivity index (χ2n) is 4.12. The van der Waals surface area contributed by atoms with Gasteiger partial charge in [0, 0.05) is 25.6 Å². The van der Waals surface area contributed by atoms with Gasteiger partial charge in [0.1, 0.15) is 17.5 Å². The first-order valence-electron chi connectivity index (χ1n) is 6.65. The number of hydrogen-bond donors (Lipinski definition) is 2. The number of anilines is 2. The van der Waals surface area contributed by atoms with Crippen molar-refractivity contribution in [2.75, 3.05) is 23.7 Å². The van der Waals surface area contributed by atoms with E-state index < -0.39 is 0 Å². The van der Waals surface area contributed by atoms with E-state index in [2.05, 4.69) is 41.4 Å². The maximum absolute atomic E-state index is 4.47. The maximum atomic E-state index is 4.47. The van der Waals surface area contributed by atoms with E-state index in [-0.39, 0.29) is 0 Å². The minimum atomic E-state index is 0.865. The van der Waals surface area contributed by atoms with Crippen molar-refractivity contribution in [1.82, 2.24) is 9.97 Å². The molecule has 96 valence electrons. The summed E-state index contributed by atoms with van der Waals surface area (Å²) in [4.78, 5) is 8.92. The molecular formula is C13H24N4. The molecule has 0 saturated carbocycles. The van der Waals surface area contributed by atoms with E-state index in [1.807, 2.05) is 6.07 Å². The van der Waals surface area contributed by atoms with Crippen LogP contribution < -0.4 is 10.6 Å². The predicted molar refractivity (Wildman–Crippen MR) is 73.6 cm³/mol.